The van der Waals surface area contributed by atoms with Gasteiger partial charge in [0.15, 0.2) is 0 Å². The summed E-state index contributed by atoms with van der Waals surface area (Å²) in [5.41, 5.74) is 5.42. The zero-order chi connectivity index (χ0) is 24.9. The Morgan fingerprint density at radius 1 is 0.553 bits per heavy atom. The fourth-order valence-corrected chi connectivity index (χ4v) is 3.96. The second kappa shape index (κ2) is 11.8. The van der Waals surface area contributed by atoms with E-state index >= 15 is 0 Å². The maximum Gasteiger partial charge on any atom is 0.216 e. The molecule has 0 aliphatic carbocycles. The van der Waals surface area contributed by atoms with Crippen LogP contribution >= 0.6 is 0 Å². The maximum atomic E-state index is 6.03. The largest absolute Gasteiger partial charge is 0.510 e. The Balaban J connectivity index is 0.00000294. The molecule has 0 unspecified atom stereocenters. The van der Waals surface area contributed by atoms with Crippen LogP contribution in [0.25, 0.3) is 27.9 Å². The van der Waals surface area contributed by atoms with E-state index in [1.807, 2.05) is 71.4 Å². The quantitative estimate of drug-likeness (QED) is 0.161. The molecule has 38 heavy (non-hydrogen) atoms. The van der Waals surface area contributed by atoms with Gasteiger partial charge in [-0.15, -0.1) is 36.0 Å². The Morgan fingerprint density at radius 3 is 1.92 bits per heavy atom. The average Bonchev–Trinajstić information content (AvgIpc) is 3.45. The summed E-state index contributed by atoms with van der Waals surface area (Å²) in [7, 11) is 0. The molecule has 2 heterocycles. The minimum Gasteiger partial charge on any atom is -0.510 e. The van der Waals surface area contributed by atoms with Crippen LogP contribution in [0.1, 0.15) is 0 Å². The van der Waals surface area contributed by atoms with Crippen molar-refractivity contribution in [3.8, 4) is 51.1 Å². The third kappa shape index (κ3) is 5.94. The van der Waals surface area contributed by atoms with E-state index in [1.54, 1.807) is 12.3 Å². The second-order valence-corrected chi connectivity index (χ2v) is 8.32. The van der Waals surface area contributed by atoms with Crippen molar-refractivity contribution in [1.82, 2.24) is 9.55 Å². The van der Waals surface area contributed by atoms with Gasteiger partial charge in [0.2, 0.25) is 5.88 Å². The zero-order valence-corrected chi connectivity index (χ0v) is 22.4. The third-order valence-electron chi connectivity index (χ3n) is 5.78. The van der Waals surface area contributed by atoms with E-state index in [1.165, 1.54) is 11.1 Å². The van der Waals surface area contributed by atoms with Crippen molar-refractivity contribution in [2.45, 2.75) is 0 Å². The number of hydrogen-bond acceptors (Lipinski definition) is 3. The van der Waals surface area contributed by atoms with Crippen LogP contribution in [0.15, 0.2) is 128 Å². The number of pyridine rings is 1. The number of nitrogens with zero attached hydrogens (tertiary/aromatic N) is 2. The first-order valence-electron chi connectivity index (χ1n) is 11.9. The van der Waals surface area contributed by atoms with Crippen molar-refractivity contribution >= 4 is 0 Å². The minimum absolute atomic E-state index is 0. The average molecular weight is 673 g/mol. The monoisotopic (exact) mass is 672 g/mol. The van der Waals surface area contributed by atoms with Crippen LogP contribution in [0.2, 0.25) is 0 Å². The van der Waals surface area contributed by atoms with Crippen LogP contribution < -0.4 is 9.47 Å². The molecule has 0 fully saturated rings. The number of aromatic nitrogens is 2. The molecule has 2 aromatic heterocycles. The summed E-state index contributed by atoms with van der Waals surface area (Å²) in [4.78, 5) is 4.18. The van der Waals surface area contributed by atoms with E-state index in [4.69, 9.17) is 9.47 Å². The second-order valence-electron chi connectivity index (χ2n) is 8.32. The molecule has 0 saturated carbocycles. The van der Waals surface area contributed by atoms with Gasteiger partial charge in [0, 0.05) is 50.6 Å². The van der Waals surface area contributed by atoms with Crippen LogP contribution in [0.3, 0.4) is 0 Å². The SMILES string of the molecule is [Pt].[c-]1c(Oc2[c-]c(-n3[c-]cc(-c4ccc(-c5ccccc5)cc4)c3)ccc2)cccc1Oc1ccccn1. The van der Waals surface area contributed by atoms with Gasteiger partial charge in [-0.1, -0.05) is 78.5 Å². The van der Waals surface area contributed by atoms with Crippen LogP contribution in [0.4, 0.5) is 0 Å². The maximum absolute atomic E-state index is 6.03. The molecule has 4 aromatic carbocycles. The van der Waals surface area contributed by atoms with E-state index in [2.05, 4.69) is 71.8 Å². The van der Waals surface area contributed by atoms with Crippen molar-refractivity contribution < 1.29 is 30.5 Å². The number of hydrogen-bond donors (Lipinski definition) is 0. The Morgan fingerprint density at radius 2 is 1.18 bits per heavy atom. The Hall–Kier alpha value is -4.40. The van der Waals surface area contributed by atoms with Crippen molar-refractivity contribution in [2.75, 3.05) is 0 Å². The first kappa shape index (κ1) is 25.3. The molecular formula is C33H21N2O2Pt-3. The van der Waals surface area contributed by atoms with Crippen LogP contribution in [0.5, 0.6) is 23.1 Å². The molecule has 0 bridgehead atoms. The van der Waals surface area contributed by atoms with Gasteiger partial charge in [-0.05, 0) is 17.2 Å². The molecule has 0 atom stereocenters. The molecule has 0 radical (unpaired) electrons. The number of ether oxygens (including phenoxy) is 2. The van der Waals surface area contributed by atoms with Crippen molar-refractivity contribution in [2.24, 2.45) is 0 Å². The normalized spacial score (nSPS) is 10.4. The van der Waals surface area contributed by atoms with Crippen molar-refractivity contribution in [3.63, 3.8) is 0 Å². The molecule has 0 N–H and O–H groups in total. The molecule has 0 aliphatic rings. The topological polar surface area (TPSA) is 36.3 Å². The predicted octanol–water partition coefficient (Wildman–Crippen LogP) is 8.19. The smallest absolute Gasteiger partial charge is 0.216 e. The van der Waals surface area contributed by atoms with E-state index < -0.39 is 0 Å². The molecule has 0 saturated heterocycles. The first-order valence-corrected chi connectivity index (χ1v) is 11.9. The molecule has 6 rings (SSSR count). The molecule has 4 nitrogen and oxygen atoms in total. The van der Waals surface area contributed by atoms with Crippen molar-refractivity contribution in [1.29, 1.82) is 0 Å². The van der Waals surface area contributed by atoms with E-state index in [9.17, 15) is 0 Å². The van der Waals surface area contributed by atoms with Gasteiger partial charge in [0.25, 0.3) is 0 Å². The molecule has 0 aliphatic heterocycles. The van der Waals surface area contributed by atoms with Gasteiger partial charge < -0.3 is 14.0 Å². The third-order valence-corrected chi connectivity index (χ3v) is 5.78. The Labute approximate surface area is 236 Å². The Kier molecular flexibility index (Phi) is 7.82. The van der Waals surface area contributed by atoms with Crippen LogP contribution in [-0.2, 0) is 21.1 Å². The summed E-state index contributed by atoms with van der Waals surface area (Å²) in [6.07, 6.45) is 7.01. The first-order chi connectivity index (χ1) is 18.3. The summed E-state index contributed by atoms with van der Waals surface area (Å²) in [6, 6.07) is 44.1. The summed E-state index contributed by atoms with van der Waals surface area (Å²) >= 11 is 0. The fourth-order valence-electron chi connectivity index (χ4n) is 3.96. The molecule has 5 heteroatoms. The molecule has 0 amide bonds. The molecule has 188 valence electrons. The Bertz CT molecular complexity index is 1610. The van der Waals surface area contributed by atoms with Gasteiger partial charge in [-0.25, -0.2) is 4.98 Å². The van der Waals surface area contributed by atoms with Gasteiger partial charge >= 0.3 is 0 Å². The fraction of sp³-hybridized carbons (Fsp3) is 0. The van der Waals surface area contributed by atoms with E-state index in [0.717, 1.165) is 16.8 Å². The van der Waals surface area contributed by atoms with E-state index in [-0.39, 0.29) is 21.1 Å². The van der Waals surface area contributed by atoms with Gasteiger partial charge in [0.1, 0.15) is 0 Å². The molecular weight excluding hydrogens is 651 g/mol. The standard InChI is InChI=1S/C33H21N2O2.Pt/c1-2-8-25(9-3-1)26-15-17-27(18-16-26)28-19-21-35(24-28)29-10-6-11-30(22-29)36-31-12-7-13-32(23-31)37-33-14-4-5-20-34-33;/h1-20,24H;/q-3;. The predicted molar refractivity (Wildman–Crippen MR) is 144 cm³/mol. The van der Waals surface area contributed by atoms with Gasteiger partial charge in [-0.2, -0.15) is 30.0 Å². The summed E-state index contributed by atoms with van der Waals surface area (Å²) in [5, 5.41) is 0. The number of rotatable bonds is 7. The van der Waals surface area contributed by atoms with Crippen molar-refractivity contribution in [3.05, 3.63) is 146 Å². The molecule has 6 aromatic rings. The minimum atomic E-state index is 0. The summed E-state index contributed by atoms with van der Waals surface area (Å²) in [6.45, 7) is 0. The number of benzene rings is 4. The molecule has 0 spiro atoms. The van der Waals surface area contributed by atoms with E-state index in [0.29, 0.717) is 23.1 Å². The summed E-state index contributed by atoms with van der Waals surface area (Å²) < 4.78 is 13.7. The summed E-state index contributed by atoms with van der Waals surface area (Å²) in [5.74, 6) is 2.12. The van der Waals surface area contributed by atoms with Crippen LogP contribution in [-0.4, -0.2) is 9.55 Å². The zero-order valence-electron chi connectivity index (χ0n) is 20.2. The van der Waals surface area contributed by atoms with Gasteiger partial charge in [0.05, 0.1) is 0 Å². The van der Waals surface area contributed by atoms with Gasteiger partial charge in [-0.3, -0.25) is 0 Å². The van der Waals surface area contributed by atoms with Crippen LogP contribution in [0, 0.1) is 18.3 Å².